The molecule has 0 aliphatic rings. The topological polar surface area (TPSA) is 90.2 Å². The third kappa shape index (κ3) is 13.7. The molecule has 12 aromatic heterocycles. The molecule has 0 atom stereocenters. The fourth-order valence-electron chi connectivity index (χ4n) is 19.4. The predicted molar refractivity (Wildman–Crippen MR) is 589 cm³/mol. The molecule has 0 radical (unpaired) electrons. The Labute approximate surface area is 807 Å². The summed E-state index contributed by atoms with van der Waals surface area (Å²) in [5, 5.41) is 23.1. The Morgan fingerprint density at radius 3 is 0.474 bits per heavy atom. The Bertz CT molecular complexity index is 9200. The molecule has 30 aromatic rings. The molecule has 12 heterocycles. The van der Waals surface area contributed by atoms with Gasteiger partial charge >= 0.3 is 0 Å². The molecule has 0 aliphatic carbocycles. The Kier molecular flexibility index (Phi) is 18.6. The van der Waals surface area contributed by atoms with E-state index in [9.17, 15) is 0 Å². The highest BCUT2D eigenvalue weighted by molar-refractivity contribution is 7.29. The van der Waals surface area contributed by atoms with Crippen molar-refractivity contribution in [3.8, 4) is 102 Å². The third-order valence-electron chi connectivity index (χ3n) is 26.0. The lowest BCUT2D eigenvalue weighted by Crippen LogP contribution is -2.00. The van der Waals surface area contributed by atoms with E-state index in [1.54, 1.807) is 0 Å². The second-order valence-electron chi connectivity index (χ2n) is 34.0. The van der Waals surface area contributed by atoms with Gasteiger partial charge in [0.05, 0.1) is 22.8 Å². The van der Waals surface area contributed by atoms with Crippen molar-refractivity contribution in [3.63, 3.8) is 0 Å². The molecule has 0 amide bonds. The van der Waals surface area contributed by atoms with E-state index in [2.05, 4.69) is 394 Å². The summed E-state index contributed by atoms with van der Waals surface area (Å²) in [4.78, 5) is 36.2. The standard InChI is InChI=1S/2C40H22N2S3.C39H21N3S3/c1-4-10-34-26(7-1)29-16-13-23(20-38(29)44-34)32-22-33(24-14-17-30-27-8-2-5-11-35(27)45-39(30)21-24)42-40(41-32)25-15-18-37-31(19-25)28-9-3-6-12-36(28)43-37;1-4-10-34-26(7-1)29-16-13-23(19-37(29)43-34)32-22-33(24-14-17-30-27-8-2-5-11-35(27)44-38(30)20-24)42-40(41-32)25-15-18-31-28-9-3-6-12-36(28)45-39(31)21-25;1-4-10-31-25(7-1)28-16-13-23(20-35(28)44-31)38-40-37(22-15-18-34-30(19-22)27-9-3-6-12-33(27)43-34)41-39(42-38)24-14-17-29-26-8-2-5-11-32(26)45-36(29)21-24/h2*1-22H;1-21H. The van der Waals surface area contributed by atoms with Crippen molar-refractivity contribution in [2.75, 3.05) is 0 Å². The van der Waals surface area contributed by atoms with Gasteiger partial charge in [0.15, 0.2) is 29.1 Å². The van der Waals surface area contributed by atoms with Gasteiger partial charge in [-0.3, -0.25) is 0 Å². The van der Waals surface area contributed by atoms with E-state index in [0.29, 0.717) is 17.5 Å². The summed E-state index contributed by atoms with van der Waals surface area (Å²) in [5.74, 6) is 3.53. The minimum absolute atomic E-state index is 0.681. The molecule has 0 saturated carbocycles. The first kappa shape index (κ1) is 78.7. The van der Waals surface area contributed by atoms with Crippen LogP contribution >= 0.6 is 102 Å². The highest BCUT2D eigenvalue weighted by Crippen LogP contribution is 2.48. The smallest absolute Gasteiger partial charge is 0.164 e. The molecule has 0 aliphatic heterocycles. The van der Waals surface area contributed by atoms with E-state index in [4.69, 9.17) is 34.9 Å². The van der Waals surface area contributed by atoms with E-state index < -0.39 is 0 Å². The van der Waals surface area contributed by atoms with Gasteiger partial charge in [-0.05, 0) is 146 Å². The van der Waals surface area contributed by atoms with Gasteiger partial charge < -0.3 is 0 Å². The SMILES string of the molecule is c1ccc2c(c1)sc1cc(-c3cc(-c4ccc5c(c4)sc4ccccc45)nc(-c4ccc5c(c4)sc4ccccc45)n3)ccc12.c1ccc2c(c1)sc1cc(-c3cc(-c4ccc5c(c4)sc4ccccc45)nc(-c4ccc5sc6ccccc6c5c4)n3)ccc12.c1ccc2c(c1)sc1cc(-c3nc(-c4ccc5c(c4)sc4ccccc45)nc(-c4ccc5sc6ccccc6c5c4)n3)ccc12. The molecule has 7 nitrogen and oxygen atoms in total. The van der Waals surface area contributed by atoms with Crippen LogP contribution in [0.5, 0.6) is 0 Å². The normalized spacial score (nSPS) is 12.0. The molecule has 18 aromatic carbocycles. The summed E-state index contributed by atoms with van der Waals surface area (Å²) >= 11 is 16.4. The van der Waals surface area contributed by atoms with Crippen molar-refractivity contribution >= 4 is 284 Å². The molecule has 135 heavy (non-hydrogen) atoms. The highest BCUT2D eigenvalue weighted by atomic mass is 32.1. The van der Waals surface area contributed by atoms with Crippen molar-refractivity contribution in [2.45, 2.75) is 0 Å². The van der Waals surface area contributed by atoms with Crippen LogP contribution < -0.4 is 0 Å². The Balaban J connectivity index is 0.000000101. The van der Waals surface area contributed by atoms with Gasteiger partial charge in [-0.2, -0.15) is 0 Å². The van der Waals surface area contributed by atoms with E-state index >= 15 is 0 Å². The van der Waals surface area contributed by atoms with Crippen LogP contribution in [0.15, 0.2) is 394 Å². The number of benzene rings is 18. The zero-order valence-electron chi connectivity index (χ0n) is 71.3. The molecular weight excluding hydrogens is 1820 g/mol. The molecule has 0 bridgehead atoms. The monoisotopic (exact) mass is 1880 g/mol. The van der Waals surface area contributed by atoms with Gasteiger partial charge in [0.2, 0.25) is 0 Å². The van der Waals surface area contributed by atoms with Gasteiger partial charge in [-0.25, -0.2) is 34.9 Å². The lowest BCUT2D eigenvalue weighted by molar-refractivity contribution is 1.08. The van der Waals surface area contributed by atoms with Crippen LogP contribution in [0.25, 0.3) is 284 Å². The average Bonchev–Trinajstić information content (AvgIpc) is 1.66. The first-order valence-corrected chi connectivity index (χ1v) is 51.9. The molecule has 0 saturated heterocycles. The van der Waals surface area contributed by atoms with Crippen molar-refractivity contribution in [3.05, 3.63) is 394 Å². The number of thiophene rings is 9. The summed E-state index contributed by atoms with van der Waals surface area (Å²) in [7, 11) is 0. The van der Waals surface area contributed by atoms with Crippen molar-refractivity contribution < 1.29 is 0 Å². The zero-order valence-corrected chi connectivity index (χ0v) is 78.7. The molecule has 0 unspecified atom stereocenters. The summed E-state index contributed by atoms with van der Waals surface area (Å²) in [6, 6.07) is 142. The van der Waals surface area contributed by atoms with Gasteiger partial charge in [-0.15, -0.1) is 102 Å². The van der Waals surface area contributed by atoms with Crippen molar-refractivity contribution in [1.29, 1.82) is 0 Å². The summed E-state index contributed by atoms with van der Waals surface area (Å²) in [6.45, 7) is 0. The molecule has 30 rings (SSSR count). The maximum Gasteiger partial charge on any atom is 0.164 e. The largest absolute Gasteiger partial charge is 0.228 e. The van der Waals surface area contributed by atoms with Crippen LogP contribution in [-0.4, -0.2) is 34.9 Å². The molecule has 0 fully saturated rings. The third-order valence-corrected chi connectivity index (χ3v) is 36.2. The van der Waals surface area contributed by atoms with Crippen molar-refractivity contribution in [1.82, 2.24) is 34.9 Å². The van der Waals surface area contributed by atoms with Crippen molar-refractivity contribution in [2.24, 2.45) is 0 Å². The molecule has 630 valence electrons. The zero-order chi connectivity index (χ0) is 88.5. The maximum atomic E-state index is 5.23. The number of rotatable bonds is 9. The number of aromatic nitrogens is 7. The van der Waals surface area contributed by atoms with E-state index in [1.165, 1.54) is 182 Å². The van der Waals surface area contributed by atoms with Crippen LogP contribution in [-0.2, 0) is 0 Å². The Hall–Kier alpha value is -14.9. The first-order chi connectivity index (χ1) is 66.7. The maximum absolute atomic E-state index is 5.23. The van der Waals surface area contributed by atoms with Crippen LogP contribution in [0.1, 0.15) is 0 Å². The quantitative estimate of drug-likeness (QED) is 0.142. The van der Waals surface area contributed by atoms with Gasteiger partial charge in [-0.1, -0.05) is 249 Å². The van der Waals surface area contributed by atoms with Gasteiger partial charge in [0, 0.05) is 232 Å². The summed E-state index contributed by atoms with van der Waals surface area (Å²) < 4.78 is 23.0. The number of hydrogen-bond donors (Lipinski definition) is 0. The minimum atomic E-state index is 0.681. The second kappa shape index (κ2) is 31.9. The average molecular weight is 1880 g/mol. The van der Waals surface area contributed by atoms with E-state index in [1.807, 2.05) is 102 Å². The van der Waals surface area contributed by atoms with E-state index in [-0.39, 0.29) is 0 Å². The fourth-order valence-corrected chi connectivity index (χ4v) is 29.6. The van der Waals surface area contributed by atoms with Crippen LogP contribution in [0.4, 0.5) is 0 Å². The molecular formula is C119H65N7S9. The minimum Gasteiger partial charge on any atom is -0.228 e. The fraction of sp³-hybridized carbons (Fsp3) is 0. The predicted octanol–water partition coefficient (Wildman–Crippen LogP) is 37.1. The number of nitrogens with zero attached hydrogens (tertiary/aromatic N) is 7. The number of fused-ring (bicyclic) bond motifs is 27. The lowest BCUT2D eigenvalue weighted by atomic mass is 10.0. The van der Waals surface area contributed by atoms with E-state index in [0.717, 1.165) is 84.5 Å². The summed E-state index contributed by atoms with van der Waals surface area (Å²) in [5.41, 5.74) is 13.2. The first-order valence-electron chi connectivity index (χ1n) is 44.5. The molecule has 16 heteroatoms. The lowest BCUT2D eigenvalue weighted by Gasteiger charge is -2.10. The highest BCUT2D eigenvalue weighted by Gasteiger charge is 2.23. The summed E-state index contributed by atoms with van der Waals surface area (Å²) in [6.07, 6.45) is 0. The number of hydrogen-bond acceptors (Lipinski definition) is 16. The van der Waals surface area contributed by atoms with Crippen LogP contribution in [0, 0.1) is 0 Å². The molecule has 0 N–H and O–H groups in total. The Morgan fingerprint density at radius 1 is 0.104 bits per heavy atom. The molecule has 0 spiro atoms. The van der Waals surface area contributed by atoms with Gasteiger partial charge in [0.1, 0.15) is 0 Å². The van der Waals surface area contributed by atoms with Gasteiger partial charge in [0.25, 0.3) is 0 Å². The second-order valence-corrected chi connectivity index (χ2v) is 43.8. The van der Waals surface area contributed by atoms with Crippen LogP contribution in [0.2, 0.25) is 0 Å². The van der Waals surface area contributed by atoms with Crippen LogP contribution in [0.3, 0.4) is 0 Å². The Morgan fingerprint density at radius 2 is 0.252 bits per heavy atom.